The van der Waals surface area contributed by atoms with Gasteiger partial charge in [0.2, 0.25) is 0 Å². The van der Waals surface area contributed by atoms with Gasteiger partial charge in [-0.1, -0.05) is 170 Å². The normalized spacial score (nSPS) is 11.4. The molecule has 0 saturated carbocycles. The summed E-state index contributed by atoms with van der Waals surface area (Å²) in [4.78, 5) is 2.35. The first-order valence-electron chi connectivity index (χ1n) is 20.9. The molecule has 0 N–H and O–H groups in total. The van der Waals surface area contributed by atoms with Crippen molar-refractivity contribution < 1.29 is 4.42 Å². The van der Waals surface area contributed by atoms with Gasteiger partial charge in [-0.2, -0.15) is 0 Å². The fourth-order valence-corrected chi connectivity index (χ4v) is 8.93. The van der Waals surface area contributed by atoms with E-state index in [4.69, 9.17) is 4.42 Å². The summed E-state index contributed by atoms with van der Waals surface area (Å²) in [6, 6.07) is 83.0. The highest BCUT2D eigenvalue weighted by atomic mass is 16.3. The lowest BCUT2D eigenvalue weighted by Crippen LogP contribution is -2.09. The molecule has 0 fully saturated rings. The first-order valence-corrected chi connectivity index (χ1v) is 20.9. The van der Waals surface area contributed by atoms with E-state index >= 15 is 0 Å². The molecule has 11 aromatic rings. The molecule has 0 amide bonds. The second-order valence-electron chi connectivity index (χ2n) is 15.7. The summed E-state index contributed by atoms with van der Waals surface area (Å²) in [5, 5.41) is 6.20. The smallest absolute Gasteiger partial charge is 0.138 e. The van der Waals surface area contributed by atoms with E-state index in [2.05, 4.69) is 230 Å². The summed E-state index contributed by atoms with van der Waals surface area (Å²) in [7, 11) is 0. The molecule has 0 unspecified atom stereocenters. The van der Waals surface area contributed by atoms with Crippen LogP contribution in [0.25, 0.3) is 88.3 Å². The Morgan fingerprint density at radius 1 is 0.311 bits per heavy atom. The summed E-state index contributed by atoms with van der Waals surface area (Å²) in [5.41, 5.74) is 15.9. The summed E-state index contributed by atoms with van der Waals surface area (Å²) in [5.74, 6) is 0.918. The summed E-state index contributed by atoms with van der Waals surface area (Å²) >= 11 is 0. The molecule has 0 spiro atoms. The molecule has 0 radical (unpaired) electrons. The van der Waals surface area contributed by atoms with Crippen molar-refractivity contribution in [2.45, 2.75) is 6.92 Å². The molecule has 0 bridgehead atoms. The van der Waals surface area contributed by atoms with Crippen molar-refractivity contribution in [2.24, 2.45) is 0 Å². The topological polar surface area (TPSA) is 16.4 Å². The molecule has 2 heteroatoms. The van der Waals surface area contributed by atoms with Crippen molar-refractivity contribution in [3.63, 3.8) is 0 Å². The first kappa shape index (κ1) is 36.2. The molecule has 1 heterocycles. The Hall–Kier alpha value is -7.94. The Labute approximate surface area is 356 Å². The molecule has 0 atom stereocenters. The molecular formula is C59H41NO. The molecule has 0 aliphatic carbocycles. The van der Waals surface area contributed by atoms with Gasteiger partial charge in [0, 0.05) is 33.6 Å². The molecule has 2 nitrogen and oxygen atoms in total. The van der Waals surface area contributed by atoms with Crippen LogP contribution < -0.4 is 4.90 Å². The zero-order valence-corrected chi connectivity index (χ0v) is 33.8. The predicted octanol–water partition coefficient (Wildman–Crippen LogP) is 16.9. The quantitative estimate of drug-likeness (QED) is 0.143. The fraction of sp³-hybridized carbons (Fsp3) is 0.0169. The average molecular weight is 780 g/mol. The average Bonchev–Trinajstić information content (AvgIpc) is 3.68. The minimum Gasteiger partial charge on any atom is -0.456 e. The van der Waals surface area contributed by atoms with Crippen LogP contribution in [-0.4, -0.2) is 0 Å². The lowest BCUT2D eigenvalue weighted by molar-refractivity contribution is 0.629. The zero-order valence-electron chi connectivity index (χ0n) is 33.8. The number of anilines is 3. The van der Waals surface area contributed by atoms with Crippen molar-refractivity contribution >= 4 is 49.6 Å². The minimum atomic E-state index is 0.914. The van der Waals surface area contributed by atoms with Crippen LogP contribution in [0, 0.1) is 6.92 Å². The maximum Gasteiger partial charge on any atom is 0.138 e. The van der Waals surface area contributed by atoms with E-state index in [-0.39, 0.29) is 0 Å². The number of hydrogen-bond acceptors (Lipinski definition) is 2. The first-order chi connectivity index (χ1) is 30.1. The van der Waals surface area contributed by atoms with Gasteiger partial charge in [0.1, 0.15) is 11.3 Å². The van der Waals surface area contributed by atoms with Crippen molar-refractivity contribution in [1.29, 1.82) is 0 Å². The Kier molecular flexibility index (Phi) is 9.09. The highest BCUT2D eigenvalue weighted by Crippen LogP contribution is 2.41. The summed E-state index contributed by atoms with van der Waals surface area (Å²) in [6.45, 7) is 2.14. The number of nitrogens with zero attached hydrogens (tertiary/aromatic N) is 1. The van der Waals surface area contributed by atoms with Crippen LogP contribution in [-0.2, 0) is 0 Å². The highest BCUT2D eigenvalue weighted by Gasteiger charge is 2.17. The molecule has 10 aromatic carbocycles. The number of hydrogen-bond donors (Lipinski definition) is 0. The largest absolute Gasteiger partial charge is 0.456 e. The molecule has 0 saturated heterocycles. The minimum absolute atomic E-state index is 0.914. The zero-order chi connectivity index (χ0) is 40.7. The SMILES string of the molecule is Cc1c(-c2cccc(-c3ccc(N(c4ccc(-c5cccc(-c6ccccc6)c5)cc4)c4ccc(-c5cc6ccccc6c6ccccc56)cc4)cc3)c2)oc2ccccc12. The maximum atomic E-state index is 6.36. The molecule has 0 aliphatic rings. The standard InChI is InChI=1S/C59H41NO/c1-40-53-20-9-10-24-58(53)61-59(40)49-19-12-18-47(38-49)43-27-33-51(34-28-43)60(50-31-25-42(26-32-50)46-17-11-16-45(37-46)41-13-3-2-4-14-41)52-35-29-44(30-36-52)57-39-48-15-5-6-21-54(48)55-22-7-8-23-56(55)57/h2-39H,1H3. The number of benzene rings is 10. The van der Waals surface area contributed by atoms with E-state index in [1.807, 2.05) is 12.1 Å². The predicted molar refractivity (Wildman–Crippen MR) is 258 cm³/mol. The second-order valence-corrected chi connectivity index (χ2v) is 15.7. The molecule has 1 aromatic heterocycles. The lowest BCUT2D eigenvalue weighted by Gasteiger charge is -2.26. The van der Waals surface area contributed by atoms with E-state index in [9.17, 15) is 0 Å². The highest BCUT2D eigenvalue weighted by molar-refractivity contribution is 6.13. The Balaban J connectivity index is 0.969. The van der Waals surface area contributed by atoms with Crippen LogP contribution in [0.4, 0.5) is 17.1 Å². The van der Waals surface area contributed by atoms with E-state index in [0.717, 1.165) is 56.0 Å². The number of fused-ring (bicyclic) bond motifs is 4. The van der Waals surface area contributed by atoms with E-state index in [0.29, 0.717) is 0 Å². The van der Waals surface area contributed by atoms with Gasteiger partial charge in [0.15, 0.2) is 0 Å². The van der Waals surface area contributed by atoms with Crippen LogP contribution in [0.5, 0.6) is 0 Å². The molecule has 0 aliphatic heterocycles. The molecular weight excluding hydrogens is 739 g/mol. The monoisotopic (exact) mass is 779 g/mol. The van der Waals surface area contributed by atoms with Crippen molar-refractivity contribution in [2.75, 3.05) is 4.90 Å². The maximum absolute atomic E-state index is 6.36. The van der Waals surface area contributed by atoms with Gasteiger partial charge in [-0.25, -0.2) is 0 Å². The van der Waals surface area contributed by atoms with Gasteiger partial charge in [-0.15, -0.1) is 0 Å². The summed E-state index contributed by atoms with van der Waals surface area (Å²) in [6.07, 6.45) is 0. The molecule has 11 rings (SSSR count). The Morgan fingerprint density at radius 3 is 1.36 bits per heavy atom. The van der Waals surface area contributed by atoms with Crippen LogP contribution in [0.15, 0.2) is 235 Å². The van der Waals surface area contributed by atoms with Crippen molar-refractivity contribution in [1.82, 2.24) is 0 Å². The molecule has 61 heavy (non-hydrogen) atoms. The summed E-state index contributed by atoms with van der Waals surface area (Å²) < 4.78 is 6.36. The van der Waals surface area contributed by atoms with Gasteiger partial charge in [0.25, 0.3) is 0 Å². The number of rotatable bonds is 8. The third-order valence-electron chi connectivity index (χ3n) is 12.1. The van der Waals surface area contributed by atoms with E-state index in [1.165, 1.54) is 54.9 Å². The van der Waals surface area contributed by atoms with Crippen LogP contribution >= 0.6 is 0 Å². The Morgan fingerprint density at radius 2 is 0.754 bits per heavy atom. The number of aryl methyl sites for hydroxylation is 1. The molecule has 288 valence electrons. The van der Waals surface area contributed by atoms with Gasteiger partial charge < -0.3 is 9.32 Å². The fourth-order valence-electron chi connectivity index (χ4n) is 8.93. The third kappa shape index (κ3) is 6.75. The van der Waals surface area contributed by atoms with Gasteiger partial charge in [0.05, 0.1) is 0 Å². The number of furan rings is 1. The van der Waals surface area contributed by atoms with Gasteiger partial charge >= 0.3 is 0 Å². The van der Waals surface area contributed by atoms with E-state index < -0.39 is 0 Å². The van der Waals surface area contributed by atoms with Crippen molar-refractivity contribution in [3.8, 4) is 55.8 Å². The number of para-hydroxylation sites is 1. The Bertz CT molecular complexity index is 3340. The van der Waals surface area contributed by atoms with E-state index in [1.54, 1.807) is 0 Å². The second kappa shape index (κ2) is 15.3. The van der Waals surface area contributed by atoms with Crippen LogP contribution in [0.1, 0.15) is 5.56 Å². The van der Waals surface area contributed by atoms with Crippen LogP contribution in [0.2, 0.25) is 0 Å². The van der Waals surface area contributed by atoms with Crippen LogP contribution in [0.3, 0.4) is 0 Å². The van der Waals surface area contributed by atoms with Gasteiger partial charge in [-0.3, -0.25) is 0 Å². The van der Waals surface area contributed by atoms with Gasteiger partial charge in [-0.05, 0) is 134 Å². The van der Waals surface area contributed by atoms with Crippen molar-refractivity contribution in [3.05, 3.63) is 236 Å². The lowest BCUT2D eigenvalue weighted by atomic mass is 9.93. The third-order valence-corrected chi connectivity index (χ3v) is 12.1.